The second kappa shape index (κ2) is 11.4. The summed E-state index contributed by atoms with van der Waals surface area (Å²) in [5.74, 6) is 0.388. The summed E-state index contributed by atoms with van der Waals surface area (Å²) in [6.45, 7) is 2.01. The van der Waals surface area contributed by atoms with Gasteiger partial charge in [0.15, 0.2) is 0 Å². The first kappa shape index (κ1) is 24.8. The van der Waals surface area contributed by atoms with Crippen LogP contribution in [0.25, 0.3) is 11.1 Å². The average molecular weight is 495 g/mol. The molecule has 1 aliphatic heterocycles. The number of piperidine rings is 1. The van der Waals surface area contributed by atoms with Crippen LogP contribution in [0.15, 0.2) is 66.9 Å². The number of benzene rings is 2. The van der Waals surface area contributed by atoms with Crippen molar-refractivity contribution in [2.75, 3.05) is 23.3 Å². The topological polar surface area (TPSA) is 107 Å². The third-order valence-corrected chi connectivity index (χ3v) is 7.60. The van der Waals surface area contributed by atoms with Crippen LogP contribution in [0.2, 0.25) is 0 Å². The third kappa shape index (κ3) is 5.92. The summed E-state index contributed by atoms with van der Waals surface area (Å²) in [6, 6.07) is 22.5. The van der Waals surface area contributed by atoms with Crippen LogP contribution in [0.3, 0.4) is 0 Å². The van der Waals surface area contributed by atoms with Crippen LogP contribution in [0.5, 0.6) is 0 Å². The van der Waals surface area contributed by atoms with Crippen molar-refractivity contribution in [3.63, 3.8) is 0 Å². The van der Waals surface area contributed by atoms with E-state index in [1.165, 1.54) is 18.5 Å². The number of aromatic nitrogens is 1. The predicted octanol–water partition coefficient (Wildman–Crippen LogP) is 4.70. The van der Waals surface area contributed by atoms with Gasteiger partial charge >= 0.3 is 0 Å². The van der Waals surface area contributed by atoms with E-state index in [0.717, 1.165) is 55.7 Å². The molecular weight excluding hydrogens is 460 g/mol. The Bertz CT molecular complexity index is 1270. The number of nitrogens with two attached hydrogens (primary N) is 1. The Morgan fingerprint density at radius 2 is 1.78 bits per heavy atom. The van der Waals surface area contributed by atoms with Gasteiger partial charge in [0.1, 0.15) is 5.82 Å². The SMILES string of the molecule is N#Cc1ccc(N2CCC[C@H](N[C@@H]3CCCC[C@H]3Nc3cc(-c4ccccc4C(N)=O)ccn3)C2)cc1. The first-order chi connectivity index (χ1) is 18.1. The van der Waals surface area contributed by atoms with Crippen LogP contribution in [0.4, 0.5) is 11.5 Å². The second-order valence-electron chi connectivity index (χ2n) is 10.1. The van der Waals surface area contributed by atoms with E-state index in [1.807, 2.05) is 42.5 Å². The highest BCUT2D eigenvalue weighted by atomic mass is 16.1. The number of nitrogens with one attached hydrogen (secondary N) is 2. The van der Waals surface area contributed by atoms with Gasteiger partial charge in [-0.3, -0.25) is 4.79 Å². The molecule has 1 amide bonds. The van der Waals surface area contributed by atoms with Crippen LogP contribution < -0.4 is 21.3 Å². The molecule has 0 unspecified atom stereocenters. The van der Waals surface area contributed by atoms with Gasteiger partial charge in [-0.1, -0.05) is 31.0 Å². The number of amides is 1. The monoisotopic (exact) mass is 494 g/mol. The van der Waals surface area contributed by atoms with Gasteiger partial charge in [0.25, 0.3) is 0 Å². The third-order valence-electron chi connectivity index (χ3n) is 7.60. The van der Waals surface area contributed by atoms with Gasteiger partial charge in [-0.15, -0.1) is 0 Å². The summed E-state index contributed by atoms with van der Waals surface area (Å²) in [6.07, 6.45) is 8.74. The van der Waals surface area contributed by atoms with Crippen LogP contribution in [0.1, 0.15) is 54.4 Å². The van der Waals surface area contributed by atoms with Crippen molar-refractivity contribution in [1.82, 2.24) is 10.3 Å². The number of pyridine rings is 1. The minimum atomic E-state index is -0.430. The highest BCUT2D eigenvalue weighted by molar-refractivity contribution is 5.99. The molecule has 2 aromatic carbocycles. The fraction of sp³-hybridized carbons (Fsp3) is 0.367. The fourth-order valence-corrected chi connectivity index (χ4v) is 5.72. The molecule has 1 saturated heterocycles. The second-order valence-corrected chi connectivity index (χ2v) is 10.1. The largest absolute Gasteiger partial charge is 0.370 e. The first-order valence-corrected chi connectivity index (χ1v) is 13.2. The predicted molar refractivity (Wildman–Crippen MR) is 147 cm³/mol. The van der Waals surface area contributed by atoms with E-state index in [2.05, 4.69) is 38.7 Å². The maximum absolute atomic E-state index is 11.9. The zero-order valence-corrected chi connectivity index (χ0v) is 21.1. The normalized spacial score (nSPS) is 21.7. The van der Waals surface area contributed by atoms with Crippen molar-refractivity contribution in [2.24, 2.45) is 5.73 Å². The molecule has 2 heterocycles. The average Bonchev–Trinajstić information content (AvgIpc) is 2.94. The van der Waals surface area contributed by atoms with Crippen LogP contribution in [-0.2, 0) is 0 Å². The molecule has 0 bridgehead atoms. The number of carbonyl (C=O) groups excluding carboxylic acids is 1. The smallest absolute Gasteiger partial charge is 0.249 e. The molecule has 5 rings (SSSR count). The van der Waals surface area contributed by atoms with Gasteiger partial charge < -0.3 is 21.3 Å². The van der Waals surface area contributed by atoms with E-state index in [-0.39, 0.29) is 6.04 Å². The molecule has 1 saturated carbocycles. The van der Waals surface area contributed by atoms with Crippen LogP contribution >= 0.6 is 0 Å². The van der Waals surface area contributed by atoms with E-state index in [4.69, 9.17) is 11.0 Å². The molecule has 1 aromatic heterocycles. The van der Waals surface area contributed by atoms with E-state index < -0.39 is 5.91 Å². The number of primary amides is 1. The molecule has 3 aromatic rings. The van der Waals surface area contributed by atoms with Crippen molar-refractivity contribution in [3.05, 3.63) is 78.0 Å². The van der Waals surface area contributed by atoms with E-state index in [1.54, 1.807) is 12.3 Å². The Morgan fingerprint density at radius 1 is 1.00 bits per heavy atom. The Balaban J connectivity index is 1.27. The highest BCUT2D eigenvalue weighted by Crippen LogP contribution is 2.28. The Kier molecular flexibility index (Phi) is 7.67. The molecule has 0 spiro atoms. The molecule has 190 valence electrons. The first-order valence-electron chi connectivity index (χ1n) is 13.2. The summed E-state index contributed by atoms with van der Waals surface area (Å²) in [7, 11) is 0. The Hall–Kier alpha value is -3.89. The summed E-state index contributed by atoms with van der Waals surface area (Å²) in [5, 5.41) is 16.8. The minimum Gasteiger partial charge on any atom is -0.370 e. The molecule has 4 N–H and O–H groups in total. The Morgan fingerprint density at radius 3 is 2.57 bits per heavy atom. The van der Waals surface area contributed by atoms with Crippen molar-refractivity contribution in [3.8, 4) is 17.2 Å². The molecule has 7 heteroatoms. The molecule has 1 aliphatic carbocycles. The lowest BCUT2D eigenvalue weighted by Crippen LogP contribution is -2.54. The van der Waals surface area contributed by atoms with Crippen molar-refractivity contribution < 1.29 is 4.79 Å². The van der Waals surface area contributed by atoms with Crippen molar-refractivity contribution in [1.29, 1.82) is 5.26 Å². The summed E-state index contributed by atoms with van der Waals surface area (Å²) in [4.78, 5) is 19.0. The zero-order chi connectivity index (χ0) is 25.6. The van der Waals surface area contributed by atoms with Gasteiger partial charge in [0.05, 0.1) is 11.6 Å². The van der Waals surface area contributed by atoms with Gasteiger partial charge in [0.2, 0.25) is 5.91 Å². The summed E-state index contributed by atoms with van der Waals surface area (Å²) >= 11 is 0. The van der Waals surface area contributed by atoms with E-state index in [9.17, 15) is 4.79 Å². The summed E-state index contributed by atoms with van der Waals surface area (Å²) in [5.41, 5.74) is 9.76. The lowest BCUT2D eigenvalue weighted by molar-refractivity contribution is 0.100. The summed E-state index contributed by atoms with van der Waals surface area (Å²) < 4.78 is 0. The Labute approximate surface area is 218 Å². The lowest BCUT2D eigenvalue weighted by Gasteiger charge is -2.40. The zero-order valence-electron chi connectivity index (χ0n) is 21.1. The number of anilines is 2. The molecule has 7 nitrogen and oxygen atoms in total. The molecule has 2 aliphatic rings. The van der Waals surface area contributed by atoms with Gasteiger partial charge in [0, 0.05) is 48.7 Å². The fourth-order valence-electron chi connectivity index (χ4n) is 5.72. The highest BCUT2D eigenvalue weighted by Gasteiger charge is 2.29. The number of carbonyl (C=O) groups is 1. The van der Waals surface area contributed by atoms with Gasteiger partial charge in [-0.05, 0) is 79.3 Å². The molecule has 2 fully saturated rings. The number of nitriles is 1. The van der Waals surface area contributed by atoms with E-state index in [0.29, 0.717) is 23.2 Å². The van der Waals surface area contributed by atoms with Gasteiger partial charge in [-0.25, -0.2) is 4.98 Å². The molecule has 0 radical (unpaired) electrons. The van der Waals surface area contributed by atoms with Crippen LogP contribution in [-0.4, -0.2) is 42.1 Å². The van der Waals surface area contributed by atoms with Crippen molar-refractivity contribution in [2.45, 2.75) is 56.7 Å². The minimum absolute atomic E-state index is 0.285. The van der Waals surface area contributed by atoms with Crippen molar-refractivity contribution >= 4 is 17.4 Å². The number of hydrogen-bond acceptors (Lipinski definition) is 6. The number of rotatable bonds is 7. The van der Waals surface area contributed by atoms with Gasteiger partial charge in [-0.2, -0.15) is 5.26 Å². The maximum atomic E-state index is 11.9. The molecular formula is C30H34N6O. The molecule has 37 heavy (non-hydrogen) atoms. The number of nitrogens with zero attached hydrogens (tertiary/aromatic N) is 3. The number of hydrogen-bond donors (Lipinski definition) is 3. The lowest BCUT2D eigenvalue weighted by atomic mass is 9.89. The maximum Gasteiger partial charge on any atom is 0.249 e. The standard InChI is InChI=1S/C30H34N6O/c31-19-21-11-13-24(14-12-21)36-17-5-6-23(20-36)34-27-9-3-4-10-28(27)35-29-18-22(15-16-33-29)25-7-1-2-8-26(25)30(32)37/h1-2,7-8,11-16,18,23,27-28,34H,3-6,9-10,17,20H2,(H2,32,37)(H,33,35)/t23-,27+,28+/m0/s1. The molecule has 3 atom stereocenters. The quantitative estimate of drug-likeness (QED) is 0.439. The van der Waals surface area contributed by atoms with Crippen LogP contribution in [0, 0.1) is 11.3 Å². The van der Waals surface area contributed by atoms with E-state index >= 15 is 0 Å².